The van der Waals surface area contributed by atoms with Crippen LogP contribution in [0.5, 0.6) is 5.75 Å². The molecular formula is C24H28FN3O3. The van der Waals surface area contributed by atoms with E-state index in [0.29, 0.717) is 11.6 Å². The lowest BCUT2D eigenvalue weighted by atomic mass is 9.96. The second kappa shape index (κ2) is 9.58. The highest BCUT2D eigenvalue weighted by Gasteiger charge is 2.39. The fraction of sp³-hybridized carbons (Fsp3) is 0.417. The van der Waals surface area contributed by atoms with Crippen molar-refractivity contribution < 1.29 is 18.7 Å². The van der Waals surface area contributed by atoms with E-state index in [9.17, 15) is 14.0 Å². The van der Waals surface area contributed by atoms with Crippen molar-refractivity contribution in [1.29, 1.82) is 0 Å². The van der Waals surface area contributed by atoms with Crippen LogP contribution in [0.25, 0.3) is 0 Å². The lowest BCUT2D eigenvalue weighted by molar-refractivity contribution is -0.121. The first-order chi connectivity index (χ1) is 15.0. The van der Waals surface area contributed by atoms with E-state index in [0.717, 1.165) is 49.7 Å². The zero-order valence-corrected chi connectivity index (χ0v) is 17.7. The molecular weight excluding hydrogens is 397 g/mol. The molecule has 1 unspecified atom stereocenters. The molecule has 2 saturated heterocycles. The first kappa shape index (κ1) is 21.5. The Labute approximate surface area is 182 Å². The third-order valence-electron chi connectivity index (χ3n) is 6.16. The van der Waals surface area contributed by atoms with Gasteiger partial charge in [0.1, 0.15) is 11.6 Å². The Kier molecular flexibility index (Phi) is 6.63. The van der Waals surface area contributed by atoms with Crippen LogP contribution in [0.4, 0.5) is 10.1 Å². The summed E-state index contributed by atoms with van der Waals surface area (Å²) < 4.78 is 18.4. The molecule has 2 heterocycles. The minimum absolute atomic E-state index is 0.145. The maximum atomic E-state index is 13.1. The lowest BCUT2D eigenvalue weighted by Gasteiger charge is -2.32. The van der Waals surface area contributed by atoms with Crippen LogP contribution in [-0.2, 0) is 16.1 Å². The number of rotatable bonds is 7. The van der Waals surface area contributed by atoms with Gasteiger partial charge in [-0.2, -0.15) is 0 Å². The molecule has 0 aliphatic carbocycles. The Bertz CT molecular complexity index is 909. The van der Waals surface area contributed by atoms with E-state index in [1.165, 1.54) is 29.8 Å². The monoisotopic (exact) mass is 425 g/mol. The summed E-state index contributed by atoms with van der Waals surface area (Å²) >= 11 is 0. The van der Waals surface area contributed by atoms with Crippen molar-refractivity contribution in [2.75, 3.05) is 31.6 Å². The topological polar surface area (TPSA) is 61.9 Å². The van der Waals surface area contributed by atoms with Gasteiger partial charge in [-0.05, 0) is 80.4 Å². The standard InChI is InChI=1S/C24H28FN3O3/c1-31-21-8-2-18(3-9-21)16-27-12-10-17(11-13-27)15-26-22-14-23(29)28(24(22)30)20-6-4-19(25)5-7-20/h2-9,17,22,26H,10-16H2,1H3. The Balaban J connectivity index is 1.23. The van der Waals surface area contributed by atoms with Gasteiger partial charge in [-0.25, -0.2) is 9.29 Å². The highest BCUT2D eigenvalue weighted by Crippen LogP contribution is 2.24. The van der Waals surface area contributed by atoms with Crippen molar-refractivity contribution in [3.05, 3.63) is 59.9 Å². The quantitative estimate of drug-likeness (QED) is 0.691. The number of carbonyl (C=O) groups is 2. The van der Waals surface area contributed by atoms with Gasteiger partial charge < -0.3 is 10.1 Å². The van der Waals surface area contributed by atoms with Crippen LogP contribution < -0.4 is 15.0 Å². The summed E-state index contributed by atoms with van der Waals surface area (Å²) in [4.78, 5) is 28.7. The number of anilines is 1. The Morgan fingerprint density at radius 1 is 1.03 bits per heavy atom. The molecule has 164 valence electrons. The average molecular weight is 426 g/mol. The van der Waals surface area contributed by atoms with Crippen LogP contribution in [0.15, 0.2) is 48.5 Å². The molecule has 2 aromatic rings. The minimum Gasteiger partial charge on any atom is -0.497 e. The van der Waals surface area contributed by atoms with Crippen molar-refractivity contribution in [2.24, 2.45) is 5.92 Å². The van der Waals surface area contributed by atoms with E-state index in [4.69, 9.17) is 4.74 Å². The molecule has 1 N–H and O–H groups in total. The third kappa shape index (κ3) is 5.11. The summed E-state index contributed by atoms with van der Waals surface area (Å²) in [6.45, 7) is 3.67. The van der Waals surface area contributed by atoms with E-state index in [1.54, 1.807) is 7.11 Å². The lowest BCUT2D eigenvalue weighted by Crippen LogP contribution is -2.43. The number of halogens is 1. The number of imide groups is 1. The van der Waals surface area contributed by atoms with Gasteiger partial charge in [0.05, 0.1) is 25.3 Å². The number of amides is 2. The molecule has 2 amide bonds. The van der Waals surface area contributed by atoms with Crippen molar-refractivity contribution in [3.8, 4) is 5.75 Å². The molecule has 31 heavy (non-hydrogen) atoms. The van der Waals surface area contributed by atoms with Gasteiger partial charge in [-0.1, -0.05) is 12.1 Å². The second-order valence-electron chi connectivity index (χ2n) is 8.28. The van der Waals surface area contributed by atoms with Crippen molar-refractivity contribution in [2.45, 2.75) is 31.8 Å². The number of ether oxygens (including phenoxy) is 1. The number of nitrogens with one attached hydrogen (secondary N) is 1. The van der Waals surface area contributed by atoms with Gasteiger partial charge in [0.15, 0.2) is 0 Å². The van der Waals surface area contributed by atoms with Crippen molar-refractivity contribution in [3.63, 3.8) is 0 Å². The summed E-state index contributed by atoms with van der Waals surface area (Å²) in [7, 11) is 1.67. The number of hydrogen-bond acceptors (Lipinski definition) is 5. The van der Waals surface area contributed by atoms with Crippen molar-refractivity contribution >= 4 is 17.5 Å². The molecule has 2 aromatic carbocycles. The summed E-state index contributed by atoms with van der Waals surface area (Å²) in [5.41, 5.74) is 1.70. The van der Waals surface area contributed by atoms with E-state index in [2.05, 4.69) is 22.3 Å². The summed E-state index contributed by atoms with van der Waals surface area (Å²) in [5, 5.41) is 3.30. The molecule has 0 saturated carbocycles. The molecule has 1 atom stereocenters. The SMILES string of the molecule is COc1ccc(CN2CCC(CNC3CC(=O)N(c4ccc(F)cc4)C3=O)CC2)cc1. The molecule has 4 rings (SSSR count). The van der Waals surface area contributed by atoms with E-state index in [1.807, 2.05) is 12.1 Å². The first-order valence-electron chi connectivity index (χ1n) is 10.7. The van der Waals surface area contributed by atoms with Crippen molar-refractivity contribution in [1.82, 2.24) is 10.2 Å². The second-order valence-corrected chi connectivity index (χ2v) is 8.28. The number of likely N-dealkylation sites (tertiary alicyclic amines) is 1. The van der Waals surface area contributed by atoms with Crippen LogP contribution in [0.2, 0.25) is 0 Å². The summed E-state index contributed by atoms with van der Waals surface area (Å²) in [6.07, 6.45) is 2.26. The van der Waals surface area contributed by atoms with Gasteiger partial charge >= 0.3 is 0 Å². The molecule has 0 radical (unpaired) electrons. The molecule has 7 heteroatoms. The molecule has 0 bridgehead atoms. The maximum Gasteiger partial charge on any atom is 0.251 e. The predicted molar refractivity (Wildman–Crippen MR) is 116 cm³/mol. The normalized spacial score (nSPS) is 20.5. The van der Waals surface area contributed by atoms with Gasteiger partial charge in [0, 0.05) is 6.54 Å². The van der Waals surface area contributed by atoms with Crippen LogP contribution in [0, 0.1) is 11.7 Å². The maximum absolute atomic E-state index is 13.1. The number of hydrogen-bond donors (Lipinski definition) is 1. The third-order valence-corrected chi connectivity index (χ3v) is 6.16. The minimum atomic E-state index is -0.505. The van der Waals surface area contributed by atoms with Gasteiger partial charge in [0.2, 0.25) is 5.91 Å². The highest BCUT2D eigenvalue weighted by atomic mass is 19.1. The number of benzene rings is 2. The Morgan fingerprint density at radius 3 is 2.35 bits per heavy atom. The molecule has 2 aliphatic heterocycles. The fourth-order valence-electron chi connectivity index (χ4n) is 4.30. The smallest absolute Gasteiger partial charge is 0.251 e. The molecule has 2 fully saturated rings. The molecule has 0 aromatic heterocycles. The molecule has 6 nitrogen and oxygen atoms in total. The fourth-order valence-corrected chi connectivity index (χ4v) is 4.30. The number of methoxy groups -OCH3 is 1. The first-order valence-corrected chi connectivity index (χ1v) is 10.7. The van der Waals surface area contributed by atoms with Gasteiger partial charge in [-0.15, -0.1) is 0 Å². The number of carbonyl (C=O) groups excluding carboxylic acids is 2. The summed E-state index contributed by atoms with van der Waals surface area (Å²) in [5.74, 6) is 0.453. The van der Waals surface area contributed by atoms with Crippen LogP contribution in [-0.4, -0.2) is 49.5 Å². The Hall–Kier alpha value is -2.77. The summed E-state index contributed by atoms with van der Waals surface area (Å²) in [6, 6.07) is 13.1. The number of nitrogens with zero attached hydrogens (tertiary/aromatic N) is 2. The predicted octanol–water partition coefficient (Wildman–Crippen LogP) is 2.97. The highest BCUT2D eigenvalue weighted by molar-refractivity contribution is 6.22. The molecule has 2 aliphatic rings. The molecule has 0 spiro atoms. The zero-order chi connectivity index (χ0) is 21.8. The van der Waals surface area contributed by atoms with E-state index in [-0.39, 0.29) is 18.2 Å². The van der Waals surface area contributed by atoms with E-state index >= 15 is 0 Å². The Morgan fingerprint density at radius 2 is 1.71 bits per heavy atom. The van der Waals surface area contributed by atoms with Crippen LogP contribution in [0.3, 0.4) is 0 Å². The van der Waals surface area contributed by atoms with Crippen LogP contribution >= 0.6 is 0 Å². The van der Waals surface area contributed by atoms with Gasteiger partial charge in [0.25, 0.3) is 5.91 Å². The largest absolute Gasteiger partial charge is 0.497 e. The number of piperidine rings is 1. The average Bonchev–Trinajstić information content (AvgIpc) is 3.07. The van der Waals surface area contributed by atoms with E-state index < -0.39 is 11.9 Å². The van der Waals surface area contributed by atoms with Gasteiger partial charge in [-0.3, -0.25) is 14.5 Å². The van der Waals surface area contributed by atoms with Crippen LogP contribution in [0.1, 0.15) is 24.8 Å². The zero-order valence-electron chi connectivity index (χ0n) is 17.7.